The minimum atomic E-state index is 0.365. The predicted octanol–water partition coefficient (Wildman–Crippen LogP) is 1.87. The molecule has 0 aliphatic heterocycles. The molecule has 3 atom stereocenters. The molecular weight excluding hydrogens is 164 g/mol. The first kappa shape index (κ1) is 8.85. The number of nitrogens with two attached hydrogens (primary N) is 1. The third-order valence-corrected chi connectivity index (χ3v) is 3.34. The molecule has 0 radical (unpaired) electrons. The number of hydrogen-bond acceptors (Lipinski definition) is 2. The fourth-order valence-corrected chi connectivity index (χ4v) is 2.52. The number of rotatable bonds is 3. The van der Waals surface area contributed by atoms with Gasteiger partial charge >= 0.3 is 0 Å². The van der Waals surface area contributed by atoms with Crippen LogP contribution in [0, 0.1) is 11.8 Å². The highest BCUT2D eigenvalue weighted by molar-refractivity contribution is 5.79. The summed E-state index contributed by atoms with van der Waals surface area (Å²) in [6, 6.07) is 0. The van der Waals surface area contributed by atoms with E-state index >= 15 is 0 Å². The summed E-state index contributed by atoms with van der Waals surface area (Å²) in [5.41, 5.74) is 5.57. The van der Waals surface area contributed by atoms with E-state index in [2.05, 4.69) is 5.16 Å². The van der Waals surface area contributed by atoms with Crippen molar-refractivity contribution >= 4 is 5.84 Å². The van der Waals surface area contributed by atoms with Gasteiger partial charge in [0.05, 0.1) is 0 Å². The summed E-state index contributed by atoms with van der Waals surface area (Å²) in [5.74, 6) is 2.29. The van der Waals surface area contributed by atoms with E-state index in [9.17, 15) is 0 Å². The monoisotopic (exact) mass is 182 g/mol. The first-order chi connectivity index (χ1) is 6.29. The van der Waals surface area contributed by atoms with Crippen molar-refractivity contribution in [2.45, 2.75) is 45.1 Å². The van der Waals surface area contributed by atoms with E-state index in [1.807, 2.05) is 6.92 Å². The van der Waals surface area contributed by atoms with E-state index < -0.39 is 0 Å². The molecule has 2 rings (SSSR count). The zero-order chi connectivity index (χ0) is 9.26. The molecule has 3 heteroatoms. The Balaban J connectivity index is 1.83. The second-order valence-electron chi connectivity index (χ2n) is 4.25. The van der Waals surface area contributed by atoms with E-state index in [0.717, 1.165) is 18.3 Å². The summed E-state index contributed by atoms with van der Waals surface area (Å²) in [7, 11) is 0. The van der Waals surface area contributed by atoms with Crippen molar-refractivity contribution < 1.29 is 4.84 Å². The molecule has 13 heavy (non-hydrogen) atoms. The summed E-state index contributed by atoms with van der Waals surface area (Å²) in [5, 5.41) is 3.94. The molecule has 2 aliphatic carbocycles. The minimum Gasteiger partial charge on any atom is -0.391 e. The van der Waals surface area contributed by atoms with Crippen molar-refractivity contribution in [2.24, 2.45) is 22.7 Å². The van der Waals surface area contributed by atoms with Crippen molar-refractivity contribution in [2.75, 3.05) is 0 Å². The maximum atomic E-state index is 5.57. The molecule has 0 spiro atoms. The van der Waals surface area contributed by atoms with Gasteiger partial charge in [-0.15, -0.1) is 0 Å². The SMILES string of the molecule is CC/C(N)=N/OC1CC2CCC1C2. The van der Waals surface area contributed by atoms with Crippen molar-refractivity contribution in [1.82, 2.24) is 0 Å². The second-order valence-corrected chi connectivity index (χ2v) is 4.25. The summed E-state index contributed by atoms with van der Waals surface area (Å²) >= 11 is 0. The Hall–Kier alpha value is -0.730. The fraction of sp³-hybridized carbons (Fsp3) is 0.900. The number of hydrogen-bond donors (Lipinski definition) is 1. The van der Waals surface area contributed by atoms with Gasteiger partial charge in [-0.05, 0) is 37.5 Å². The third kappa shape index (κ3) is 1.79. The lowest BCUT2D eigenvalue weighted by Crippen LogP contribution is -2.20. The lowest BCUT2D eigenvalue weighted by molar-refractivity contribution is 0.0201. The summed E-state index contributed by atoms with van der Waals surface area (Å²) < 4.78 is 0. The van der Waals surface area contributed by atoms with Gasteiger partial charge in [0.1, 0.15) is 11.9 Å². The van der Waals surface area contributed by atoms with Crippen LogP contribution in [0.25, 0.3) is 0 Å². The molecule has 0 aromatic rings. The third-order valence-electron chi connectivity index (χ3n) is 3.34. The van der Waals surface area contributed by atoms with Crippen molar-refractivity contribution in [3.05, 3.63) is 0 Å². The summed E-state index contributed by atoms with van der Waals surface area (Å²) in [4.78, 5) is 5.45. The van der Waals surface area contributed by atoms with Gasteiger partial charge in [0.15, 0.2) is 0 Å². The van der Waals surface area contributed by atoms with Crippen LogP contribution in [-0.2, 0) is 4.84 Å². The Morgan fingerprint density at radius 1 is 1.46 bits per heavy atom. The molecule has 74 valence electrons. The van der Waals surface area contributed by atoms with Gasteiger partial charge in [-0.1, -0.05) is 12.1 Å². The standard InChI is InChI=1S/C10H18N2O/c1-2-10(11)12-13-9-6-7-3-4-8(9)5-7/h7-9H,2-6H2,1H3,(H2,11,12). The summed E-state index contributed by atoms with van der Waals surface area (Å²) in [6.07, 6.45) is 6.43. The topological polar surface area (TPSA) is 47.6 Å². The van der Waals surface area contributed by atoms with E-state index in [0.29, 0.717) is 11.9 Å². The van der Waals surface area contributed by atoms with E-state index in [4.69, 9.17) is 10.6 Å². The first-order valence-corrected chi connectivity index (χ1v) is 5.27. The van der Waals surface area contributed by atoms with Crippen LogP contribution in [0.15, 0.2) is 5.16 Å². The Labute approximate surface area is 79.3 Å². The van der Waals surface area contributed by atoms with Crippen molar-refractivity contribution in [3.8, 4) is 0 Å². The van der Waals surface area contributed by atoms with Crippen LogP contribution in [0.4, 0.5) is 0 Å². The molecule has 0 saturated heterocycles. The van der Waals surface area contributed by atoms with Gasteiger partial charge in [0, 0.05) is 6.42 Å². The quantitative estimate of drug-likeness (QED) is 0.411. The second kappa shape index (κ2) is 3.56. The van der Waals surface area contributed by atoms with Crippen LogP contribution in [-0.4, -0.2) is 11.9 Å². The average Bonchev–Trinajstić information content (AvgIpc) is 2.74. The first-order valence-electron chi connectivity index (χ1n) is 5.27. The van der Waals surface area contributed by atoms with Gasteiger partial charge in [-0.25, -0.2) is 0 Å². The van der Waals surface area contributed by atoms with E-state index in [-0.39, 0.29) is 0 Å². The smallest absolute Gasteiger partial charge is 0.139 e. The Morgan fingerprint density at radius 2 is 2.31 bits per heavy atom. The molecule has 0 amide bonds. The van der Waals surface area contributed by atoms with Crippen LogP contribution in [0.5, 0.6) is 0 Å². The molecule has 0 heterocycles. The zero-order valence-corrected chi connectivity index (χ0v) is 8.20. The number of amidine groups is 1. The Bertz CT molecular complexity index is 215. The molecule has 0 aromatic heterocycles. The Morgan fingerprint density at radius 3 is 2.85 bits per heavy atom. The average molecular weight is 182 g/mol. The van der Waals surface area contributed by atoms with E-state index in [1.165, 1.54) is 25.7 Å². The number of fused-ring (bicyclic) bond motifs is 2. The molecule has 3 unspecified atom stereocenters. The highest BCUT2D eigenvalue weighted by Gasteiger charge is 2.41. The largest absolute Gasteiger partial charge is 0.391 e. The highest BCUT2D eigenvalue weighted by atomic mass is 16.6. The molecule has 0 aromatic carbocycles. The maximum Gasteiger partial charge on any atom is 0.139 e. The molecule has 2 aliphatic rings. The van der Waals surface area contributed by atoms with Gasteiger partial charge in [0.2, 0.25) is 0 Å². The predicted molar refractivity (Wildman–Crippen MR) is 52.2 cm³/mol. The number of oxime groups is 1. The van der Waals surface area contributed by atoms with Crippen molar-refractivity contribution in [3.63, 3.8) is 0 Å². The van der Waals surface area contributed by atoms with Gasteiger partial charge in [-0.3, -0.25) is 0 Å². The zero-order valence-electron chi connectivity index (χ0n) is 8.20. The van der Waals surface area contributed by atoms with E-state index in [1.54, 1.807) is 0 Å². The maximum absolute atomic E-state index is 5.57. The lowest BCUT2D eigenvalue weighted by Gasteiger charge is -2.19. The lowest BCUT2D eigenvalue weighted by atomic mass is 9.98. The van der Waals surface area contributed by atoms with Crippen LogP contribution in [0.1, 0.15) is 39.0 Å². The molecule has 2 bridgehead atoms. The minimum absolute atomic E-state index is 0.365. The molecule has 2 N–H and O–H groups in total. The summed E-state index contributed by atoms with van der Waals surface area (Å²) in [6.45, 7) is 1.99. The van der Waals surface area contributed by atoms with Crippen LogP contribution >= 0.6 is 0 Å². The molecule has 2 saturated carbocycles. The van der Waals surface area contributed by atoms with Crippen molar-refractivity contribution in [1.29, 1.82) is 0 Å². The molecular formula is C10H18N2O. The molecule has 3 nitrogen and oxygen atoms in total. The number of nitrogens with zero attached hydrogens (tertiary/aromatic N) is 1. The van der Waals surface area contributed by atoms with Gasteiger partial charge in [-0.2, -0.15) is 0 Å². The van der Waals surface area contributed by atoms with Crippen LogP contribution in [0.2, 0.25) is 0 Å². The normalized spacial score (nSPS) is 38.2. The fourth-order valence-electron chi connectivity index (χ4n) is 2.52. The van der Waals surface area contributed by atoms with Crippen LogP contribution < -0.4 is 5.73 Å². The van der Waals surface area contributed by atoms with Crippen LogP contribution in [0.3, 0.4) is 0 Å². The molecule has 2 fully saturated rings. The van der Waals surface area contributed by atoms with Gasteiger partial charge < -0.3 is 10.6 Å². The highest BCUT2D eigenvalue weighted by Crippen LogP contribution is 2.45. The van der Waals surface area contributed by atoms with Gasteiger partial charge in [0.25, 0.3) is 0 Å². The Kier molecular flexibility index (Phi) is 2.42.